The standard InChI is InChI=1S/C29H36N6O4/c1-18(2)35-25-12-11-22(14-24(25)27(37)34(29(35)39)16-20-5-6-20)32-28(38)33-13-3-4-23(17-33)31-26(36)21-9-7-19(15-30)8-10-21/h7-12,14,18,20,23H,3-6,13,15-17,30H2,1-2H3,(H,31,36)(H,32,38). The highest BCUT2D eigenvalue weighted by Gasteiger charge is 2.27. The monoisotopic (exact) mass is 532 g/mol. The molecule has 1 aliphatic carbocycles. The van der Waals surface area contributed by atoms with E-state index in [-0.39, 0.29) is 35.3 Å². The molecular weight excluding hydrogens is 496 g/mol. The predicted molar refractivity (Wildman–Crippen MR) is 151 cm³/mol. The van der Waals surface area contributed by atoms with E-state index in [1.54, 1.807) is 39.8 Å². The van der Waals surface area contributed by atoms with Crippen molar-refractivity contribution in [3.8, 4) is 0 Å². The van der Waals surface area contributed by atoms with E-state index in [1.807, 2.05) is 26.0 Å². The van der Waals surface area contributed by atoms with Crippen LogP contribution in [-0.4, -0.2) is 45.1 Å². The molecule has 2 aliphatic rings. The zero-order valence-corrected chi connectivity index (χ0v) is 22.5. The van der Waals surface area contributed by atoms with Crippen LogP contribution in [0.25, 0.3) is 10.9 Å². The highest BCUT2D eigenvalue weighted by atomic mass is 16.2. The van der Waals surface area contributed by atoms with Crippen LogP contribution in [0, 0.1) is 5.92 Å². The molecule has 1 atom stereocenters. The second-order valence-corrected chi connectivity index (χ2v) is 10.9. The van der Waals surface area contributed by atoms with E-state index in [1.165, 1.54) is 4.57 Å². The summed E-state index contributed by atoms with van der Waals surface area (Å²) in [5.74, 6) is 0.188. The number of hydrogen-bond acceptors (Lipinski definition) is 5. The Hall–Kier alpha value is -3.92. The Labute approximate surface area is 226 Å². The molecule has 1 saturated carbocycles. The number of fused-ring (bicyclic) bond motifs is 1. The van der Waals surface area contributed by atoms with Gasteiger partial charge in [0.1, 0.15) is 0 Å². The van der Waals surface area contributed by atoms with Crippen molar-refractivity contribution < 1.29 is 9.59 Å². The molecule has 1 saturated heterocycles. The summed E-state index contributed by atoms with van der Waals surface area (Å²) in [6.45, 7) is 5.63. The maximum absolute atomic E-state index is 13.3. The first-order valence-corrected chi connectivity index (χ1v) is 13.7. The van der Waals surface area contributed by atoms with Gasteiger partial charge in [0, 0.05) is 49.5 Å². The van der Waals surface area contributed by atoms with Crippen molar-refractivity contribution in [3.05, 3.63) is 74.4 Å². The molecule has 4 N–H and O–H groups in total. The fourth-order valence-electron chi connectivity index (χ4n) is 5.22. The van der Waals surface area contributed by atoms with Crippen molar-refractivity contribution in [2.24, 2.45) is 11.7 Å². The van der Waals surface area contributed by atoms with Gasteiger partial charge in [-0.15, -0.1) is 0 Å². The fourth-order valence-corrected chi connectivity index (χ4v) is 5.22. The molecule has 2 aromatic carbocycles. The normalized spacial score (nSPS) is 17.4. The van der Waals surface area contributed by atoms with Crippen LogP contribution in [-0.2, 0) is 13.1 Å². The van der Waals surface area contributed by atoms with Gasteiger partial charge in [-0.1, -0.05) is 12.1 Å². The lowest BCUT2D eigenvalue weighted by Gasteiger charge is -2.33. The molecule has 10 heteroatoms. The Kier molecular flexibility index (Phi) is 7.56. The first-order valence-electron chi connectivity index (χ1n) is 13.7. The number of likely N-dealkylation sites (tertiary alicyclic amines) is 1. The van der Waals surface area contributed by atoms with Gasteiger partial charge < -0.3 is 21.3 Å². The van der Waals surface area contributed by atoms with Gasteiger partial charge in [0.05, 0.1) is 10.9 Å². The van der Waals surface area contributed by atoms with Gasteiger partial charge in [0.15, 0.2) is 0 Å². The first-order chi connectivity index (χ1) is 18.7. The molecule has 206 valence electrons. The second kappa shape index (κ2) is 11.1. The lowest BCUT2D eigenvalue weighted by atomic mass is 10.0. The smallest absolute Gasteiger partial charge is 0.331 e. The predicted octanol–water partition coefficient (Wildman–Crippen LogP) is 3.04. The number of carbonyl (C=O) groups is 2. The maximum Gasteiger partial charge on any atom is 0.331 e. The van der Waals surface area contributed by atoms with Crippen molar-refractivity contribution in [1.82, 2.24) is 19.4 Å². The van der Waals surface area contributed by atoms with E-state index in [4.69, 9.17) is 5.73 Å². The van der Waals surface area contributed by atoms with Gasteiger partial charge >= 0.3 is 11.7 Å². The number of urea groups is 1. The number of piperidine rings is 1. The summed E-state index contributed by atoms with van der Waals surface area (Å²) < 4.78 is 2.99. The molecule has 0 bridgehead atoms. The van der Waals surface area contributed by atoms with Crippen molar-refractivity contribution in [1.29, 1.82) is 0 Å². The minimum absolute atomic E-state index is 0.120. The number of nitrogens with one attached hydrogen (secondary N) is 2. The Morgan fingerprint density at radius 3 is 2.46 bits per heavy atom. The topological polar surface area (TPSA) is 131 Å². The molecule has 1 aromatic heterocycles. The summed E-state index contributed by atoms with van der Waals surface area (Å²) in [5.41, 5.74) is 7.58. The highest BCUT2D eigenvalue weighted by molar-refractivity contribution is 5.95. The average Bonchev–Trinajstić information content (AvgIpc) is 3.76. The van der Waals surface area contributed by atoms with Crippen molar-refractivity contribution in [3.63, 3.8) is 0 Å². The number of benzene rings is 2. The van der Waals surface area contributed by atoms with Gasteiger partial charge in [-0.2, -0.15) is 0 Å². The van der Waals surface area contributed by atoms with E-state index < -0.39 is 0 Å². The molecule has 2 heterocycles. The van der Waals surface area contributed by atoms with Crippen LogP contribution in [0.4, 0.5) is 10.5 Å². The number of nitrogens with two attached hydrogens (primary N) is 1. The van der Waals surface area contributed by atoms with Gasteiger partial charge in [0.25, 0.3) is 11.5 Å². The third kappa shape index (κ3) is 5.75. The Balaban J connectivity index is 1.31. The van der Waals surface area contributed by atoms with E-state index in [9.17, 15) is 19.2 Å². The molecule has 1 aliphatic heterocycles. The number of hydrogen-bond donors (Lipinski definition) is 3. The van der Waals surface area contributed by atoms with Gasteiger partial charge in [-0.3, -0.25) is 18.7 Å². The third-order valence-corrected chi connectivity index (χ3v) is 7.57. The summed E-state index contributed by atoms with van der Waals surface area (Å²) in [5, 5.41) is 6.35. The van der Waals surface area contributed by atoms with Crippen LogP contribution in [0.3, 0.4) is 0 Å². The van der Waals surface area contributed by atoms with Crippen LogP contribution < -0.4 is 27.6 Å². The van der Waals surface area contributed by atoms with Gasteiger partial charge in [-0.05, 0) is 81.3 Å². The zero-order chi connectivity index (χ0) is 27.7. The summed E-state index contributed by atoms with van der Waals surface area (Å²) in [7, 11) is 0. The largest absolute Gasteiger partial charge is 0.348 e. The van der Waals surface area contributed by atoms with Crippen LogP contribution in [0.5, 0.6) is 0 Å². The van der Waals surface area contributed by atoms with Gasteiger partial charge in [-0.25, -0.2) is 9.59 Å². The van der Waals surface area contributed by atoms with Crippen molar-refractivity contribution in [2.45, 2.75) is 64.7 Å². The quantitative estimate of drug-likeness (QED) is 0.430. The number of carbonyl (C=O) groups excluding carboxylic acids is 2. The van der Waals surface area contributed by atoms with E-state index in [0.717, 1.165) is 31.2 Å². The minimum Gasteiger partial charge on any atom is -0.348 e. The summed E-state index contributed by atoms with van der Waals surface area (Å²) in [4.78, 5) is 54.0. The lowest BCUT2D eigenvalue weighted by Crippen LogP contribution is -2.50. The van der Waals surface area contributed by atoms with Crippen LogP contribution >= 0.6 is 0 Å². The number of amides is 3. The number of rotatable bonds is 7. The molecular formula is C29H36N6O4. The highest BCUT2D eigenvalue weighted by Crippen LogP contribution is 2.30. The van der Waals surface area contributed by atoms with Crippen molar-refractivity contribution >= 4 is 28.5 Å². The Bertz CT molecular complexity index is 1500. The van der Waals surface area contributed by atoms with E-state index in [0.29, 0.717) is 54.3 Å². The van der Waals surface area contributed by atoms with Crippen LogP contribution in [0.15, 0.2) is 52.1 Å². The first kappa shape index (κ1) is 26.7. The molecule has 3 aromatic rings. The molecule has 5 rings (SSSR count). The summed E-state index contributed by atoms with van der Waals surface area (Å²) in [6.07, 6.45) is 3.59. The molecule has 3 amide bonds. The lowest BCUT2D eigenvalue weighted by molar-refractivity contribution is 0.0913. The zero-order valence-electron chi connectivity index (χ0n) is 22.5. The molecule has 10 nitrogen and oxygen atoms in total. The molecule has 1 unspecified atom stereocenters. The third-order valence-electron chi connectivity index (χ3n) is 7.57. The summed E-state index contributed by atoms with van der Waals surface area (Å²) >= 11 is 0. The van der Waals surface area contributed by atoms with Crippen LogP contribution in [0.1, 0.15) is 61.5 Å². The van der Waals surface area contributed by atoms with E-state index >= 15 is 0 Å². The molecule has 0 radical (unpaired) electrons. The van der Waals surface area contributed by atoms with Crippen LogP contribution in [0.2, 0.25) is 0 Å². The van der Waals surface area contributed by atoms with Crippen molar-refractivity contribution in [2.75, 3.05) is 18.4 Å². The van der Waals surface area contributed by atoms with E-state index in [2.05, 4.69) is 10.6 Å². The average molecular weight is 533 g/mol. The second-order valence-electron chi connectivity index (χ2n) is 10.9. The van der Waals surface area contributed by atoms with Gasteiger partial charge in [0.2, 0.25) is 0 Å². The minimum atomic E-state index is -0.324. The number of aromatic nitrogens is 2. The summed E-state index contributed by atoms with van der Waals surface area (Å²) in [6, 6.07) is 11.7. The Morgan fingerprint density at radius 1 is 1.05 bits per heavy atom. The SMILES string of the molecule is CC(C)n1c(=O)n(CC2CC2)c(=O)c2cc(NC(=O)N3CCCC(NC(=O)c4ccc(CN)cc4)C3)ccc21. The Morgan fingerprint density at radius 2 is 1.79 bits per heavy atom. The maximum atomic E-state index is 13.3. The number of anilines is 1. The molecule has 39 heavy (non-hydrogen) atoms. The molecule has 0 spiro atoms. The molecule has 2 fully saturated rings. The fraction of sp³-hybridized carbons (Fsp3) is 0.448. The number of nitrogens with zero attached hydrogens (tertiary/aromatic N) is 3.